The number of aromatic amines is 1. The predicted octanol–water partition coefficient (Wildman–Crippen LogP) is 3.56. The van der Waals surface area contributed by atoms with Crippen LogP contribution in [0.2, 0.25) is 0 Å². The van der Waals surface area contributed by atoms with Crippen molar-refractivity contribution < 1.29 is 0 Å². The van der Waals surface area contributed by atoms with E-state index in [-0.39, 0.29) is 5.56 Å². The maximum atomic E-state index is 12.4. The minimum Gasteiger partial charge on any atom is -0.323 e. The summed E-state index contributed by atoms with van der Waals surface area (Å²) in [5.41, 5.74) is 0.0640. The van der Waals surface area contributed by atoms with E-state index in [0.29, 0.717) is 16.6 Å². The van der Waals surface area contributed by atoms with E-state index in [2.05, 4.69) is 11.9 Å². The smallest absolute Gasteiger partial charge is 0.263 e. The first-order valence-corrected chi connectivity index (χ1v) is 7.66. The monoisotopic (exact) mass is 280 g/mol. The van der Waals surface area contributed by atoms with Gasteiger partial charge >= 0.3 is 0 Å². The Balaban J connectivity index is 2.06. The van der Waals surface area contributed by atoms with Crippen LogP contribution in [-0.2, 0) is 6.54 Å². The van der Waals surface area contributed by atoms with E-state index in [1.807, 2.05) is 11.4 Å². The molecule has 1 aliphatic carbocycles. The number of hydrogen-bond donors (Lipinski definition) is 1. The zero-order valence-electron chi connectivity index (χ0n) is 10.3. The van der Waals surface area contributed by atoms with Gasteiger partial charge in [-0.2, -0.15) is 0 Å². The summed E-state index contributed by atoms with van der Waals surface area (Å²) in [6.07, 6.45) is 3.76. The molecule has 1 aliphatic rings. The molecule has 0 bridgehead atoms. The highest BCUT2D eigenvalue weighted by molar-refractivity contribution is 7.71. The number of fused-ring (bicyclic) bond motifs is 1. The van der Waals surface area contributed by atoms with Crippen molar-refractivity contribution in [3.8, 4) is 0 Å². The molecule has 0 aromatic carbocycles. The van der Waals surface area contributed by atoms with Gasteiger partial charge in [-0.1, -0.05) is 19.8 Å². The van der Waals surface area contributed by atoms with Crippen molar-refractivity contribution in [1.82, 2.24) is 9.55 Å². The van der Waals surface area contributed by atoms with Gasteiger partial charge in [0.1, 0.15) is 4.83 Å². The van der Waals surface area contributed by atoms with Gasteiger partial charge in [-0.15, -0.1) is 11.3 Å². The van der Waals surface area contributed by atoms with Gasteiger partial charge in [0.05, 0.1) is 5.39 Å². The Labute approximate surface area is 114 Å². The second-order valence-electron chi connectivity index (χ2n) is 5.18. The molecule has 0 spiro atoms. The molecule has 0 radical (unpaired) electrons. The molecule has 1 fully saturated rings. The number of rotatable bonds is 2. The Morgan fingerprint density at radius 3 is 3.11 bits per heavy atom. The van der Waals surface area contributed by atoms with Crippen LogP contribution in [0.4, 0.5) is 0 Å². The highest BCUT2D eigenvalue weighted by Crippen LogP contribution is 2.32. The van der Waals surface area contributed by atoms with E-state index in [0.717, 1.165) is 16.8 Å². The fourth-order valence-corrected chi connectivity index (χ4v) is 3.97. The Morgan fingerprint density at radius 1 is 1.56 bits per heavy atom. The van der Waals surface area contributed by atoms with Crippen LogP contribution in [0.25, 0.3) is 10.2 Å². The first kappa shape index (κ1) is 12.1. The molecule has 0 saturated heterocycles. The van der Waals surface area contributed by atoms with Crippen LogP contribution in [0.15, 0.2) is 16.2 Å². The average Bonchev–Trinajstić information content (AvgIpc) is 2.94. The summed E-state index contributed by atoms with van der Waals surface area (Å²) < 4.78 is 2.31. The quantitative estimate of drug-likeness (QED) is 0.854. The van der Waals surface area contributed by atoms with Gasteiger partial charge in [-0.25, -0.2) is 0 Å². The zero-order chi connectivity index (χ0) is 12.7. The summed E-state index contributed by atoms with van der Waals surface area (Å²) in [6, 6.07) is 1.88. The second-order valence-corrected chi connectivity index (χ2v) is 6.48. The van der Waals surface area contributed by atoms with Crippen molar-refractivity contribution in [1.29, 1.82) is 0 Å². The molecule has 1 saturated carbocycles. The third-order valence-corrected chi connectivity index (χ3v) is 5.21. The summed E-state index contributed by atoms with van der Waals surface area (Å²) in [4.78, 5) is 16.4. The first-order chi connectivity index (χ1) is 8.66. The SMILES string of the molecule is CC1CCCC1Cn1c(=S)[nH]c2sccc2c1=O. The van der Waals surface area contributed by atoms with Crippen LogP contribution in [0.1, 0.15) is 26.2 Å². The average molecular weight is 280 g/mol. The molecule has 0 aliphatic heterocycles. The maximum absolute atomic E-state index is 12.4. The third kappa shape index (κ3) is 1.95. The summed E-state index contributed by atoms with van der Waals surface area (Å²) in [6.45, 7) is 3.04. The molecular formula is C13H16N2OS2. The molecule has 5 heteroatoms. The van der Waals surface area contributed by atoms with Crippen molar-refractivity contribution in [2.45, 2.75) is 32.7 Å². The summed E-state index contributed by atoms with van der Waals surface area (Å²) in [5.74, 6) is 1.29. The minimum absolute atomic E-state index is 0.0640. The van der Waals surface area contributed by atoms with E-state index in [1.165, 1.54) is 30.6 Å². The highest BCUT2D eigenvalue weighted by Gasteiger charge is 2.24. The molecule has 18 heavy (non-hydrogen) atoms. The Kier molecular flexibility index (Phi) is 3.11. The normalized spacial score (nSPS) is 23.8. The first-order valence-electron chi connectivity index (χ1n) is 6.37. The number of nitrogens with zero attached hydrogens (tertiary/aromatic N) is 1. The van der Waals surface area contributed by atoms with Crippen molar-refractivity contribution in [2.24, 2.45) is 11.8 Å². The van der Waals surface area contributed by atoms with Gasteiger partial charge in [0, 0.05) is 6.54 Å². The lowest BCUT2D eigenvalue weighted by Crippen LogP contribution is -2.26. The van der Waals surface area contributed by atoms with Crippen molar-refractivity contribution in [3.63, 3.8) is 0 Å². The van der Waals surface area contributed by atoms with Crippen molar-refractivity contribution in [3.05, 3.63) is 26.6 Å². The van der Waals surface area contributed by atoms with E-state index in [9.17, 15) is 4.79 Å². The van der Waals surface area contributed by atoms with Crippen LogP contribution < -0.4 is 5.56 Å². The van der Waals surface area contributed by atoms with E-state index >= 15 is 0 Å². The van der Waals surface area contributed by atoms with Crippen molar-refractivity contribution >= 4 is 33.8 Å². The van der Waals surface area contributed by atoms with Gasteiger partial charge in [-0.05, 0) is 41.9 Å². The van der Waals surface area contributed by atoms with Crippen LogP contribution in [-0.4, -0.2) is 9.55 Å². The van der Waals surface area contributed by atoms with Gasteiger partial charge in [-0.3, -0.25) is 9.36 Å². The van der Waals surface area contributed by atoms with Gasteiger partial charge < -0.3 is 4.98 Å². The Bertz CT molecular complexity index is 682. The molecule has 3 rings (SSSR count). The predicted molar refractivity (Wildman–Crippen MR) is 77.8 cm³/mol. The molecular weight excluding hydrogens is 264 g/mol. The van der Waals surface area contributed by atoms with Gasteiger partial charge in [0.15, 0.2) is 4.77 Å². The minimum atomic E-state index is 0.0640. The third-order valence-electron chi connectivity index (χ3n) is 4.06. The van der Waals surface area contributed by atoms with Crippen molar-refractivity contribution in [2.75, 3.05) is 0 Å². The van der Waals surface area contributed by atoms with Gasteiger partial charge in [0.25, 0.3) is 5.56 Å². The molecule has 3 nitrogen and oxygen atoms in total. The van der Waals surface area contributed by atoms with Crippen LogP contribution in [0.3, 0.4) is 0 Å². The molecule has 0 amide bonds. The Morgan fingerprint density at radius 2 is 2.39 bits per heavy atom. The molecule has 2 unspecified atom stereocenters. The summed E-state index contributed by atoms with van der Waals surface area (Å²) >= 11 is 6.85. The number of aromatic nitrogens is 2. The fourth-order valence-electron chi connectivity index (χ4n) is 2.87. The molecule has 2 atom stereocenters. The molecule has 1 N–H and O–H groups in total. The lowest BCUT2D eigenvalue weighted by atomic mass is 9.98. The number of thiophene rings is 1. The number of nitrogens with one attached hydrogen (secondary N) is 1. The standard InChI is InChI=1S/C13H16N2OS2/c1-8-3-2-4-9(8)7-15-12(16)10-5-6-18-11(10)14-13(15)17/h5-6,8-9H,2-4,7H2,1H3,(H,14,17). The molecule has 2 heterocycles. The van der Waals surface area contributed by atoms with E-state index in [4.69, 9.17) is 12.2 Å². The second kappa shape index (κ2) is 4.63. The lowest BCUT2D eigenvalue weighted by molar-refractivity contribution is 0.356. The zero-order valence-corrected chi connectivity index (χ0v) is 11.9. The molecule has 2 aromatic rings. The van der Waals surface area contributed by atoms with Crippen LogP contribution >= 0.6 is 23.6 Å². The summed E-state index contributed by atoms with van der Waals surface area (Å²) in [5, 5.41) is 2.69. The lowest BCUT2D eigenvalue weighted by Gasteiger charge is -2.16. The van der Waals surface area contributed by atoms with Crippen LogP contribution in [0.5, 0.6) is 0 Å². The topological polar surface area (TPSA) is 37.8 Å². The molecule has 96 valence electrons. The highest BCUT2D eigenvalue weighted by atomic mass is 32.1. The van der Waals surface area contributed by atoms with Gasteiger partial charge in [0.2, 0.25) is 0 Å². The van der Waals surface area contributed by atoms with E-state index < -0.39 is 0 Å². The largest absolute Gasteiger partial charge is 0.323 e. The molecule has 2 aromatic heterocycles. The van der Waals surface area contributed by atoms with Crippen LogP contribution in [0, 0.1) is 16.6 Å². The fraction of sp³-hybridized carbons (Fsp3) is 0.538. The number of hydrogen-bond acceptors (Lipinski definition) is 3. The maximum Gasteiger partial charge on any atom is 0.263 e. The van der Waals surface area contributed by atoms with E-state index in [1.54, 1.807) is 4.57 Å². The number of H-pyrrole nitrogens is 1. The Hall–Kier alpha value is -0.940. The summed E-state index contributed by atoms with van der Waals surface area (Å²) in [7, 11) is 0.